The number of rotatable bonds is 4. The van der Waals surface area contributed by atoms with Crippen molar-refractivity contribution in [2.45, 2.75) is 0 Å². The van der Waals surface area contributed by atoms with E-state index in [-0.39, 0.29) is 0 Å². The van der Waals surface area contributed by atoms with Crippen molar-refractivity contribution in [2.24, 2.45) is 0 Å². The molecule has 0 aliphatic heterocycles. The van der Waals surface area contributed by atoms with Crippen molar-refractivity contribution in [2.75, 3.05) is 0 Å². The molecule has 9 rings (SSSR count). The first-order chi connectivity index (χ1) is 22.3. The fraction of sp³-hybridized carbons (Fsp3) is 0. The third-order valence-corrected chi connectivity index (χ3v) is 8.50. The predicted octanol–water partition coefficient (Wildman–Crippen LogP) is 10.7. The second kappa shape index (κ2) is 10.2. The molecule has 0 amide bonds. The summed E-state index contributed by atoms with van der Waals surface area (Å²) in [6, 6.07) is 52.2. The standard InChI is InChI=1S/C41H25N3O/c1-3-13-27(14-4-1)39-42-40(28-15-5-2-6-16-28)44-41(43-39)30-22-23-33-35-24-29-17-8-10-20-32(29)37(38(35)45-36(33)25-30)34-21-11-18-26-12-7-9-19-31(26)34/h1-25H. The van der Waals surface area contributed by atoms with Gasteiger partial charge in [-0.05, 0) is 45.3 Å². The fourth-order valence-electron chi connectivity index (χ4n) is 6.36. The molecule has 0 unspecified atom stereocenters. The van der Waals surface area contributed by atoms with Crippen LogP contribution in [0.25, 0.3) is 88.8 Å². The highest BCUT2D eigenvalue weighted by molar-refractivity contribution is 6.20. The van der Waals surface area contributed by atoms with E-state index in [4.69, 9.17) is 19.4 Å². The molecule has 2 heterocycles. The van der Waals surface area contributed by atoms with Gasteiger partial charge < -0.3 is 4.42 Å². The molecule has 0 saturated carbocycles. The number of furan rings is 1. The Hall–Kier alpha value is -6.13. The highest BCUT2D eigenvalue weighted by Crippen LogP contribution is 2.43. The average Bonchev–Trinajstić information content (AvgIpc) is 3.48. The molecule has 0 atom stereocenters. The molecule has 2 aromatic heterocycles. The number of hydrogen-bond acceptors (Lipinski definition) is 4. The molecule has 0 saturated heterocycles. The van der Waals surface area contributed by atoms with Crippen molar-refractivity contribution in [3.8, 4) is 45.3 Å². The Morgan fingerprint density at radius 1 is 0.378 bits per heavy atom. The van der Waals surface area contributed by atoms with Gasteiger partial charge in [0, 0.05) is 33.0 Å². The first-order valence-electron chi connectivity index (χ1n) is 15.0. The van der Waals surface area contributed by atoms with E-state index in [1.165, 1.54) is 16.2 Å². The maximum Gasteiger partial charge on any atom is 0.164 e. The summed E-state index contributed by atoms with van der Waals surface area (Å²) < 4.78 is 6.82. The van der Waals surface area contributed by atoms with Crippen molar-refractivity contribution in [3.63, 3.8) is 0 Å². The Morgan fingerprint density at radius 3 is 1.67 bits per heavy atom. The largest absolute Gasteiger partial charge is 0.455 e. The van der Waals surface area contributed by atoms with Gasteiger partial charge in [-0.1, -0.05) is 133 Å². The van der Waals surface area contributed by atoms with Gasteiger partial charge in [0.1, 0.15) is 11.2 Å². The summed E-state index contributed by atoms with van der Waals surface area (Å²) in [5.74, 6) is 1.87. The number of fused-ring (bicyclic) bond motifs is 5. The van der Waals surface area contributed by atoms with Gasteiger partial charge in [-0.25, -0.2) is 15.0 Å². The minimum absolute atomic E-state index is 0.601. The Morgan fingerprint density at radius 2 is 0.956 bits per heavy atom. The van der Waals surface area contributed by atoms with Crippen LogP contribution in [0.1, 0.15) is 0 Å². The first kappa shape index (κ1) is 25.4. The topological polar surface area (TPSA) is 51.8 Å². The highest BCUT2D eigenvalue weighted by Gasteiger charge is 2.19. The molecule has 0 fully saturated rings. The summed E-state index contributed by atoms with van der Waals surface area (Å²) in [6.45, 7) is 0. The molecular weight excluding hydrogens is 550 g/mol. The molecule has 4 nitrogen and oxygen atoms in total. The third-order valence-electron chi connectivity index (χ3n) is 8.50. The van der Waals surface area contributed by atoms with E-state index in [0.717, 1.165) is 55.1 Å². The second-order valence-corrected chi connectivity index (χ2v) is 11.2. The molecule has 9 aromatic rings. The lowest BCUT2D eigenvalue weighted by atomic mass is 9.92. The Bertz CT molecular complexity index is 2470. The van der Waals surface area contributed by atoms with Gasteiger partial charge in [-0.15, -0.1) is 0 Å². The highest BCUT2D eigenvalue weighted by atomic mass is 16.3. The minimum atomic E-state index is 0.601. The zero-order chi connectivity index (χ0) is 29.7. The summed E-state index contributed by atoms with van der Waals surface area (Å²) in [5.41, 5.74) is 6.69. The van der Waals surface area contributed by atoms with Crippen molar-refractivity contribution in [1.82, 2.24) is 15.0 Å². The molecule has 0 radical (unpaired) electrons. The van der Waals surface area contributed by atoms with Gasteiger partial charge in [-0.3, -0.25) is 0 Å². The van der Waals surface area contributed by atoms with Crippen molar-refractivity contribution in [3.05, 3.63) is 152 Å². The molecular formula is C41H25N3O. The molecule has 210 valence electrons. The van der Waals surface area contributed by atoms with Crippen LogP contribution in [0.5, 0.6) is 0 Å². The zero-order valence-electron chi connectivity index (χ0n) is 24.2. The Balaban J connectivity index is 1.29. The summed E-state index contributed by atoms with van der Waals surface area (Å²) in [5, 5.41) is 6.89. The molecule has 45 heavy (non-hydrogen) atoms. The van der Waals surface area contributed by atoms with Gasteiger partial charge >= 0.3 is 0 Å². The van der Waals surface area contributed by atoms with Gasteiger partial charge in [-0.2, -0.15) is 0 Å². The van der Waals surface area contributed by atoms with E-state index >= 15 is 0 Å². The zero-order valence-corrected chi connectivity index (χ0v) is 24.2. The van der Waals surface area contributed by atoms with Crippen molar-refractivity contribution < 1.29 is 4.42 Å². The quantitative estimate of drug-likeness (QED) is 0.209. The summed E-state index contributed by atoms with van der Waals surface area (Å²) >= 11 is 0. The first-order valence-corrected chi connectivity index (χ1v) is 15.0. The molecule has 0 N–H and O–H groups in total. The van der Waals surface area contributed by atoms with Crippen LogP contribution in [0.15, 0.2) is 156 Å². The average molecular weight is 576 g/mol. The lowest BCUT2D eigenvalue weighted by Crippen LogP contribution is -2.00. The van der Waals surface area contributed by atoms with Crippen LogP contribution in [0.4, 0.5) is 0 Å². The van der Waals surface area contributed by atoms with E-state index in [1.54, 1.807) is 0 Å². The van der Waals surface area contributed by atoms with E-state index in [2.05, 4.69) is 91.0 Å². The van der Waals surface area contributed by atoms with Crippen LogP contribution in [-0.4, -0.2) is 15.0 Å². The normalized spacial score (nSPS) is 11.6. The number of nitrogens with zero attached hydrogens (tertiary/aromatic N) is 3. The summed E-state index contributed by atoms with van der Waals surface area (Å²) in [7, 11) is 0. The fourth-order valence-corrected chi connectivity index (χ4v) is 6.36. The van der Waals surface area contributed by atoms with Crippen LogP contribution in [-0.2, 0) is 0 Å². The van der Waals surface area contributed by atoms with Crippen LogP contribution >= 0.6 is 0 Å². The van der Waals surface area contributed by atoms with Crippen LogP contribution in [0, 0.1) is 0 Å². The van der Waals surface area contributed by atoms with Crippen LogP contribution < -0.4 is 0 Å². The number of benzene rings is 7. The smallest absolute Gasteiger partial charge is 0.164 e. The maximum absolute atomic E-state index is 6.82. The van der Waals surface area contributed by atoms with Gasteiger partial charge in [0.25, 0.3) is 0 Å². The molecule has 4 heteroatoms. The van der Waals surface area contributed by atoms with Gasteiger partial charge in [0.05, 0.1) is 0 Å². The maximum atomic E-state index is 6.82. The minimum Gasteiger partial charge on any atom is -0.455 e. The molecule has 0 spiro atoms. The van der Waals surface area contributed by atoms with E-state index in [0.29, 0.717) is 17.5 Å². The van der Waals surface area contributed by atoms with Crippen molar-refractivity contribution in [1.29, 1.82) is 0 Å². The summed E-state index contributed by atoms with van der Waals surface area (Å²) in [4.78, 5) is 14.7. The second-order valence-electron chi connectivity index (χ2n) is 11.2. The van der Waals surface area contributed by atoms with E-state index in [9.17, 15) is 0 Å². The predicted molar refractivity (Wildman–Crippen MR) is 184 cm³/mol. The number of hydrogen-bond donors (Lipinski definition) is 0. The third kappa shape index (κ3) is 4.27. The lowest BCUT2D eigenvalue weighted by Gasteiger charge is -2.11. The van der Waals surface area contributed by atoms with Gasteiger partial charge in [0.2, 0.25) is 0 Å². The Kier molecular flexibility index (Phi) is 5.78. The van der Waals surface area contributed by atoms with E-state index < -0.39 is 0 Å². The number of aromatic nitrogens is 3. The Labute approximate surface area is 259 Å². The SMILES string of the molecule is c1ccc(-c2nc(-c3ccccc3)nc(-c3ccc4c(c3)oc3c(-c5cccc6ccccc56)c5ccccc5cc34)n2)cc1. The monoisotopic (exact) mass is 575 g/mol. The van der Waals surface area contributed by atoms with E-state index in [1.807, 2.05) is 60.7 Å². The molecule has 0 bridgehead atoms. The lowest BCUT2D eigenvalue weighted by molar-refractivity contribution is 0.670. The van der Waals surface area contributed by atoms with Crippen LogP contribution in [0.3, 0.4) is 0 Å². The molecule has 7 aromatic carbocycles. The van der Waals surface area contributed by atoms with Gasteiger partial charge in [0.15, 0.2) is 17.5 Å². The molecule has 0 aliphatic rings. The molecule has 0 aliphatic carbocycles. The van der Waals surface area contributed by atoms with Crippen LogP contribution in [0.2, 0.25) is 0 Å². The van der Waals surface area contributed by atoms with Crippen molar-refractivity contribution >= 4 is 43.5 Å². The summed E-state index contributed by atoms with van der Waals surface area (Å²) in [6.07, 6.45) is 0.